The van der Waals surface area contributed by atoms with Gasteiger partial charge in [0.2, 0.25) is 26.6 Å². The van der Waals surface area contributed by atoms with Crippen LogP contribution in [-0.2, 0) is 9.84 Å². The first-order valence-corrected chi connectivity index (χ1v) is 10.5. The second-order valence-electron chi connectivity index (χ2n) is 6.47. The molecular weight excluding hydrogens is 426 g/mol. The molecule has 0 radical (unpaired) electrons. The number of hydrogen-bond donors (Lipinski definition) is 1. The first-order valence-electron chi connectivity index (χ1n) is 9.05. The van der Waals surface area contributed by atoms with Gasteiger partial charge in [0.1, 0.15) is 17.4 Å². The lowest BCUT2D eigenvalue weighted by Gasteiger charge is -2.06. The molecule has 6 nitrogen and oxygen atoms in total. The van der Waals surface area contributed by atoms with Crippen molar-refractivity contribution in [2.75, 3.05) is 12.4 Å². The van der Waals surface area contributed by atoms with Gasteiger partial charge >= 0.3 is 0 Å². The van der Waals surface area contributed by atoms with Gasteiger partial charge in [-0.2, -0.15) is 4.98 Å². The third-order valence-electron chi connectivity index (χ3n) is 4.41. The summed E-state index contributed by atoms with van der Waals surface area (Å²) in [6.07, 6.45) is 0. The zero-order valence-corrected chi connectivity index (χ0v) is 17.0. The van der Waals surface area contributed by atoms with E-state index in [4.69, 9.17) is 9.15 Å². The summed E-state index contributed by atoms with van der Waals surface area (Å²) in [5.41, 5.74) is 0.915. The number of halogens is 2. The molecule has 0 amide bonds. The number of hydrogen-bond acceptors (Lipinski definition) is 6. The zero-order chi connectivity index (χ0) is 22.0. The highest BCUT2D eigenvalue weighted by molar-refractivity contribution is 7.91. The van der Waals surface area contributed by atoms with E-state index in [1.165, 1.54) is 31.4 Å². The average molecular weight is 442 g/mol. The van der Waals surface area contributed by atoms with Crippen LogP contribution in [0.5, 0.6) is 5.75 Å². The van der Waals surface area contributed by atoms with Crippen LogP contribution in [-0.4, -0.2) is 20.5 Å². The van der Waals surface area contributed by atoms with Gasteiger partial charge in [0, 0.05) is 11.3 Å². The molecule has 0 aliphatic heterocycles. The van der Waals surface area contributed by atoms with Gasteiger partial charge < -0.3 is 14.5 Å². The standard InChI is InChI=1S/C22H16F2N2O4S/c1-29-18-10-2-14(3-11-18)20-26-22(31(27,28)19-12-6-16(24)7-13-19)21(30-20)25-17-8-4-15(23)5-9-17/h2-13,25H,1H3. The molecule has 158 valence electrons. The van der Waals surface area contributed by atoms with Crippen LogP contribution in [0.2, 0.25) is 0 Å². The number of benzene rings is 3. The molecule has 0 bridgehead atoms. The van der Waals surface area contributed by atoms with E-state index >= 15 is 0 Å². The Morgan fingerprint density at radius 2 is 1.45 bits per heavy atom. The number of methoxy groups -OCH3 is 1. The average Bonchev–Trinajstić information content (AvgIpc) is 3.20. The van der Waals surface area contributed by atoms with Gasteiger partial charge in [0.15, 0.2) is 0 Å². The fraction of sp³-hybridized carbons (Fsp3) is 0.0455. The van der Waals surface area contributed by atoms with E-state index in [0.29, 0.717) is 17.0 Å². The fourth-order valence-corrected chi connectivity index (χ4v) is 4.07. The van der Waals surface area contributed by atoms with Crippen LogP contribution in [0.25, 0.3) is 11.5 Å². The van der Waals surface area contributed by atoms with Crippen molar-refractivity contribution in [2.24, 2.45) is 0 Å². The number of anilines is 2. The molecule has 0 atom stereocenters. The summed E-state index contributed by atoms with van der Waals surface area (Å²) in [6, 6.07) is 16.4. The molecule has 1 aromatic heterocycles. The van der Waals surface area contributed by atoms with Crippen molar-refractivity contribution >= 4 is 21.4 Å². The van der Waals surface area contributed by atoms with Crippen LogP contribution in [0.1, 0.15) is 0 Å². The summed E-state index contributed by atoms with van der Waals surface area (Å²) in [5.74, 6) is -0.502. The normalized spacial score (nSPS) is 11.3. The van der Waals surface area contributed by atoms with E-state index in [1.54, 1.807) is 24.3 Å². The number of aromatic nitrogens is 1. The van der Waals surface area contributed by atoms with E-state index in [9.17, 15) is 17.2 Å². The first kappa shape index (κ1) is 20.5. The molecule has 9 heteroatoms. The van der Waals surface area contributed by atoms with Crippen molar-refractivity contribution in [1.29, 1.82) is 0 Å². The Kier molecular flexibility index (Phi) is 5.43. The van der Waals surface area contributed by atoms with E-state index in [1.807, 2.05) is 0 Å². The molecule has 1 heterocycles. The molecule has 0 aliphatic carbocycles. The SMILES string of the molecule is COc1ccc(-c2nc(S(=O)(=O)c3ccc(F)cc3)c(Nc3ccc(F)cc3)o2)cc1. The topological polar surface area (TPSA) is 81.4 Å². The number of nitrogens with zero attached hydrogens (tertiary/aromatic N) is 1. The second-order valence-corrected chi connectivity index (χ2v) is 8.34. The Labute approximate surface area is 177 Å². The maximum atomic E-state index is 13.3. The van der Waals surface area contributed by atoms with Crippen molar-refractivity contribution in [2.45, 2.75) is 9.92 Å². The molecule has 3 aromatic carbocycles. The minimum absolute atomic E-state index is 0.0490. The lowest BCUT2D eigenvalue weighted by molar-refractivity contribution is 0.415. The quantitative estimate of drug-likeness (QED) is 0.413. The first-order chi connectivity index (χ1) is 14.9. The zero-order valence-electron chi connectivity index (χ0n) is 16.2. The molecule has 4 rings (SSSR count). The van der Waals surface area contributed by atoms with Gasteiger partial charge in [0.05, 0.1) is 12.0 Å². The van der Waals surface area contributed by atoms with Crippen LogP contribution < -0.4 is 10.1 Å². The van der Waals surface area contributed by atoms with Crippen LogP contribution in [0.3, 0.4) is 0 Å². The highest BCUT2D eigenvalue weighted by Gasteiger charge is 2.29. The minimum Gasteiger partial charge on any atom is -0.497 e. The minimum atomic E-state index is -4.15. The fourth-order valence-electron chi connectivity index (χ4n) is 2.81. The Hall–Kier alpha value is -3.72. The Bertz CT molecular complexity index is 1300. The van der Waals surface area contributed by atoms with Gasteiger partial charge in [-0.1, -0.05) is 0 Å². The van der Waals surface area contributed by atoms with E-state index in [2.05, 4.69) is 10.3 Å². The largest absolute Gasteiger partial charge is 0.497 e. The summed E-state index contributed by atoms with van der Waals surface area (Å²) < 4.78 is 63.8. The van der Waals surface area contributed by atoms with Crippen LogP contribution in [0.4, 0.5) is 20.4 Å². The number of ether oxygens (including phenoxy) is 1. The Morgan fingerprint density at radius 3 is 2.03 bits per heavy atom. The maximum absolute atomic E-state index is 13.3. The molecule has 0 spiro atoms. The maximum Gasteiger partial charge on any atom is 0.238 e. The molecular formula is C22H16F2N2O4S. The van der Waals surface area contributed by atoms with Gasteiger partial charge in [-0.3, -0.25) is 0 Å². The number of sulfone groups is 1. The Balaban J connectivity index is 1.81. The molecule has 0 saturated carbocycles. The van der Waals surface area contributed by atoms with E-state index in [0.717, 1.165) is 24.3 Å². The molecule has 0 fully saturated rings. The number of nitrogens with one attached hydrogen (secondary N) is 1. The van der Waals surface area contributed by atoms with E-state index in [-0.39, 0.29) is 21.7 Å². The van der Waals surface area contributed by atoms with Crippen LogP contribution >= 0.6 is 0 Å². The number of oxazole rings is 1. The highest BCUT2D eigenvalue weighted by Crippen LogP contribution is 2.34. The van der Waals surface area contributed by atoms with Crippen molar-refractivity contribution < 1.29 is 26.4 Å². The third kappa shape index (κ3) is 4.26. The van der Waals surface area contributed by atoms with Gasteiger partial charge in [-0.15, -0.1) is 0 Å². The van der Waals surface area contributed by atoms with Crippen LogP contribution in [0.15, 0.2) is 87.1 Å². The van der Waals surface area contributed by atoms with Crippen molar-refractivity contribution in [3.8, 4) is 17.2 Å². The van der Waals surface area contributed by atoms with E-state index < -0.39 is 21.5 Å². The molecule has 0 unspecified atom stereocenters. The summed E-state index contributed by atoms with van der Waals surface area (Å²) in [6.45, 7) is 0. The van der Waals surface area contributed by atoms with Gasteiger partial charge in [-0.05, 0) is 72.8 Å². The third-order valence-corrected chi connectivity index (χ3v) is 6.09. The number of rotatable bonds is 6. The monoisotopic (exact) mass is 442 g/mol. The predicted octanol–water partition coefficient (Wildman–Crippen LogP) is 5.20. The second kappa shape index (κ2) is 8.19. The lowest BCUT2D eigenvalue weighted by Crippen LogP contribution is -2.05. The van der Waals surface area contributed by atoms with Crippen molar-refractivity contribution in [1.82, 2.24) is 4.98 Å². The molecule has 1 N–H and O–H groups in total. The smallest absolute Gasteiger partial charge is 0.238 e. The highest BCUT2D eigenvalue weighted by atomic mass is 32.2. The lowest BCUT2D eigenvalue weighted by atomic mass is 10.2. The van der Waals surface area contributed by atoms with Crippen LogP contribution in [0, 0.1) is 11.6 Å². The summed E-state index contributed by atoms with van der Waals surface area (Å²) >= 11 is 0. The summed E-state index contributed by atoms with van der Waals surface area (Å²) in [4.78, 5) is 4.05. The Morgan fingerprint density at radius 1 is 0.871 bits per heavy atom. The van der Waals surface area contributed by atoms with Gasteiger partial charge in [-0.25, -0.2) is 17.2 Å². The summed E-state index contributed by atoms with van der Waals surface area (Å²) in [7, 11) is -2.62. The van der Waals surface area contributed by atoms with Crippen molar-refractivity contribution in [3.05, 3.63) is 84.4 Å². The molecule has 31 heavy (non-hydrogen) atoms. The molecule has 0 aliphatic rings. The molecule has 0 saturated heterocycles. The summed E-state index contributed by atoms with van der Waals surface area (Å²) in [5, 5.41) is 2.45. The van der Waals surface area contributed by atoms with Crippen molar-refractivity contribution in [3.63, 3.8) is 0 Å². The predicted molar refractivity (Wildman–Crippen MR) is 110 cm³/mol. The van der Waals surface area contributed by atoms with Gasteiger partial charge in [0.25, 0.3) is 0 Å². The molecule has 4 aromatic rings.